The predicted molar refractivity (Wildman–Crippen MR) is 111 cm³/mol. The van der Waals surface area contributed by atoms with Crippen LogP contribution in [0.5, 0.6) is 11.5 Å². The minimum atomic E-state index is -0.846. The van der Waals surface area contributed by atoms with E-state index in [9.17, 15) is 9.59 Å². The van der Waals surface area contributed by atoms with Crippen molar-refractivity contribution >= 4 is 22.7 Å². The Morgan fingerprint density at radius 2 is 1.69 bits per heavy atom. The lowest BCUT2D eigenvalue weighted by atomic mass is 10.1. The first kappa shape index (κ1) is 20.5. The minimum Gasteiger partial charge on any atom is -0.490 e. The maximum Gasteiger partial charge on any atom is 0.306 e. The van der Waals surface area contributed by atoms with Gasteiger partial charge < -0.3 is 19.2 Å². The van der Waals surface area contributed by atoms with Crippen LogP contribution in [0, 0.1) is 0 Å². The molecule has 1 atom stereocenters. The number of esters is 1. The Morgan fingerprint density at radius 3 is 2.45 bits per heavy atom. The number of Topliss-reactive ketones (excluding diaryl/α,β-unsaturated/α-hetero) is 1. The van der Waals surface area contributed by atoms with Crippen LogP contribution in [-0.4, -0.2) is 36.1 Å². The molecular formula is C23H25NO5. The average molecular weight is 395 g/mol. The quantitative estimate of drug-likeness (QED) is 0.310. The topological polar surface area (TPSA) is 77.6 Å². The van der Waals surface area contributed by atoms with Crippen molar-refractivity contribution in [1.82, 2.24) is 4.98 Å². The standard InChI is InChI=1S/C23H25NO5/c1-3-27-20-11-6-7-12-21(20)28-14-8-13-22(25)29-16(2)23(26)18-15-24-19-10-5-4-9-17(18)19/h4-7,9-12,15-16,24H,3,8,13-14H2,1-2H3. The van der Waals surface area contributed by atoms with Crippen molar-refractivity contribution < 1.29 is 23.8 Å². The largest absolute Gasteiger partial charge is 0.490 e. The van der Waals surface area contributed by atoms with Gasteiger partial charge in [-0.3, -0.25) is 9.59 Å². The van der Waals surface area contributed by atoms with Crippen molar-refractivity contribution in [1.29, 1.82) is 0 Å². The zero-order chi connectivity index (χ0) is 20.6. The number of para-hydroxylation sites is 3. The summed E-state index contributed by atoms with van der Waals surface area (Å²) in [7, 11) is 0. The highest BCUT2D eigenvalue weighted by Crippen LogP contribution is 2.26. The number of hydrogen-bond acceptors (Lipinski definition) is 5. The number of carbonyl (C=O) groups is 2. The molecular weight excluding hydrogens is 370 g/mol. The number of fused-ring (bicyclic) bond motifs is 1. The number of aromatic nitrogens is 1. The number of ketones is 1. The maximum absolute atomic E-state index is 12.6. The van der Waals surface area contributed by atoms with Gasteiger partial charge in [0.1, 0.15) is 0 Å². The zero-order valence-corrected chi connectivity index (χ0v) is 16.6. The third-order valence-corrected chi connectivity index (χ3v) is 4.46. The number of hydrogen-bond donors (Lipinski definition) is 1. The van der Waals surface area contributed by atoms with E-state index in [4.69, 9.17) is 14.2 Å². The molecule has 6 heteroatoms. The molecule has 0 saturated carbocycles. The van der Waals surface area contributed by atoms with E-state index in [1.807, 2.05) is 55.5 Å². The average Bonchev–Trinajstić information content (AvgIpc) is 3.16. The Hall–Kier alpha value is -3.28. The summed E-state index contributed by atoms with van der Waals surface area (Å²) < 4.78 is 16.5. The Morgan fingerprint density at radius 1 is 1.00 bits per heavy atom. The number of rotatable bonds is 10. The van der Waals surface area contributed by atoms with Gasteiger partial charge in [-0.25, -0.2) is 0 Å². The van der Waals surface area contributed by atoms with Crippen molar-refractivity contribution in [2.24, 2.45) is 0 Å². The Balaban J connectivity index is 1.46. The first-order chi connectivity index (χ1) is 14.1. The summed E-state index contributed by atoms with van der Waals surface area (Å²) in [5.74, 6) is 0.672. The second-order valence-electron chi connectivity index (χ2n) is 6.58. The molecule has 1 unspecified atom stereocenters. The second-order valence-corrected chi connectivity index (χ2v) is 6.58. The summed E-state index contributed by atoms with van der Waals surface area (Å²) in [5.41, 5.74) is 1.40. The zero-order valence-electron chi connectivity index (χ0n) is 16.6. The van der Waals surface area contributed by atoms with E-state index >= 15 is 0 Å². The smallest absolute Gasteiger partial charge is 0.306 e. The van der Waals surface area contributed by atoms with E-state index in [-0.39, 0.29) is 12.2 Å². The first-order valence-electron chi connectivity index (χ1n) is 9.74. The van der Waals surface area contributed by atoms with Gasteiger partial charge in [-0.1, -0.05) is 30.3 Å². The third kappa shape index (κ3) is 5.16. The van der Waals surface area contributed by atoms with Crippen molar-refractivity contribution in [3.63, 3.8) is 0 Å². The molecule has 0 bridgehead atoms. The number of H-pyrrole nitrogens is 1. The highest BCUT2D eigenvalue weighted by atomic mass is 16.5. The van der Waals surface area contributed by atoms with Crippen molar-refractivity contribution in [3.05, 3.63) is 60.3 Å². The maximum atomic E-state index is 12.6. The number of nitrogens with one attached hydrogen (secondary N) is 1. The van der Waals surface area contributed by atoms with Crippen LogP contribution in [-0.2, 0) is 9.53 Å². The molecule has 1 aromatic heterocycles. The molecule has 0 aliphatic carbocycles. The lowest BCUT2D eigenvalue weighted by Gasteiger charge is -2.13. The van der Waals surface area contributed by atoms with E-state index in [1.165, 1.54) is 0 Å². The molecule has 0 spiro atoms. The van der Waals surface area contributed by atoms with Gasteiger partial charge in [0.25, 0.3) is 0 Å². The molecule has 0 fully saturated rings. The molecule has 29 heavy (non-hydrogen) atoms. The number of ether oxygens (including phenoxy) is 3. The van der Waals surface area contributed by atoms with Gasteiger partial charge in [0.2, 0.25) is 5.78 Å². The highest BCUT2D eigenvalue weighted by molar-refractivity contribution is 6.10. The third-order valence-electron chi connectivity index (χ3n) is 4.46. The lowest BCUT2D eigenvalue weighted by molar-refractivity contribution is -0.146. The van der Waals surface area contributed by atoms with E-state index in [1.54, 1.807) is 13.1 Å². The summed E-state index contributed by atoms with van der Waals surface area (Å²) in [6, 6.07) is 14.9. The van der Waals surface area contributed by atoms with Crippen LogP contribution in [0.3, 0.4) is 0 Å². The van der Waals surface area contributed by atoms with Crippen LogP contribution in [0.15, 0.2) is 54.7 Å². The molecule has 6 nitrogen and oxygen atoms in total. The summed E-state index contributed by atoms with van der Waals surface area (Å²) in [4.78, 5) is 27.8. The summed E-state index contributed by atoms with van der Waals surface area (Å²) in [6.45, 7) is 4.40. The fourth-order valence-corrected chi connectivity index (χ4v) is 3.05. The molecule has 0 radical (unpaired) electrons. The van der Waals surface area contributed by atoms with Gasteiger partial charge in [0.15, 0.2) is 17.6 Å². The van der Waals surface area contributed by atoms with Crippen LogP contribution in [0.25, 0.3) is 10.9 Å². The molecule has 0 amide bonds. The molecule has 2 aromatic carbocycles. The molecule has 3 aromatic rings. The van der Waals surface area contributed by atoms with E-state index < -0.39 is 12.1 Å². The van der Waals surface area contributed by atoms with Crippen LogP contribution in [0.4, 0.5) is 0 Å². The van der Waals surface area contributed by atoms with Gasteiger partial charge in [-0.2, -0.15) is 0 Å². The molecule has 0 aliphatic heterocycles. The van der Waals surface area contributed by atoms with Gasteiger partial charge in [0, 0.05) is 29.1 Å². The number of benzene rings is 2. The predicted octanol–water partition coefficient (Wildman–Crippen LogP) is 4.54. The van der Waals surface area contributed by atoms with Crippen molar-refractivity contribution in [3.8, 4) is 11.5 Å². The van der Waals surface area contributed by atoms with Crippen LogP contribution in [0.1, 0.15) is 37.0 Å². The number of carbonyl (C=O) groups excluding carboxylic acids is 2. The van der Waals surface area contributed by atoms with Crippen molar-refractivity contribution in [2.45, 2.75) is 32.8 Å². The Bertz CT molecular complexity index is 978. The van der Waals surface area contributed by atoms with E-state index in [0.29, 0.717) is 36.7 Å². The minimum absolute atomic E-state index is 0.169. The molecule has 3 rings (SSSR count). The van der Waals surface area contributed by atoms with Crippen molar-refractivity contribution in [2.75, 3.05) is 13.2 Å². The lowest BCUT2D eigenvalue weighted by Crippen LogP contribution is -2.24. The SMILES string of the molecule is CCOc1ccccc1OCCCC(=O)OC(C)C(=O)c1c[nH]c2ccccc12. The second kappa shape index (κ2) is 9.78. The molecule has 1 heterocycles. The van der Waals surface area contributed by atoms with Crippen LogP contribution in [0.2, 0.25) is 0 Å². The highest BCUT2D eigenvalue weighted by Gasteiger charge is 2.22. The summed E-state index contributed by atoms with van der Waals surface area (Å²) in [6.07, 6.45) is 1.46. The normalized spacial score (nSPS) is 11.8. The fourth-order valence-electron chi connectivity index (χ4n) is 3.05. The van der Waals surface area contributed by atoms with E-state index in [2.05, 4.69) is 4.98 Å². The Labute approximate surface area is 169 Å². The monoisotopic (exact) mass is 395 g/mol. The first-order valence-corrected chi connectivity index (χ1v) is 9.74. The van der Waals surface area contributed by atoms with Gasteiger partial charge in [-0.05, 0) is 38.5 Å². The van der Waals surface area contributed by atoms with Gasteiger partial charge in [-0.15, -0.1) is 0 Å². The van der Waals surface area contributed by atoms with Gasteiger partial charge in [0.05, 0.1) is 13.2 Å². The molecule has 152 valence electrons. The molecule has 1 N–H and O–H groups in total. The summed E-state index contributed by atoms with van der Waals surface area (Å²) >= 11 is 0. The van der Waals surface area contributed by atoms with Crippen LogP contribution < -0.4 is 9.47 Å². The van der Waals surface area contributed by atoms with Gasteiger partial charge >= 0.3 is 5.97 Å². The summed E-state index contributed by atoms with van der Waals surface area (Å²) in [5, 5.41) is 0.821. The van der Waals surface area contributed by atoms with Crippen LogP contribution >= 0.6 is 0 Å². The number of aromatic amines is 1. The van der Waals surface area contributed by atoms with E-state index in [0.717, 1.165) is 10.9 Å². The fraction of sp³-hybridized carbons (Fsp3) is 0.304. The Kier molecular flexibility index (Phi) is 6.89. The molecule has 0 aliphatic rings. The molecule has 0 saturated heterocycles.